The number of benzene rings is 1. The maximum absolute atomic E-state index is 5.81. The molecule has 0 saturated carbocycles. The van der Waals surface area contributed by atoms with Crippen LogP contribution >= 0.6 is 0 Å². The van der Waals surface area contributed by atoms with E-state index in [-0.39, 0.29) is 0 Å². The monoisotopic (exact) mass is 234 g/mol. The number of hydrazine groups is 1. The van der Waals surface area contributed by atoms with Gasteiger partial charge >= 0.3 is 0 Å². The molecule has 5 N–H and O–H groups in total. The molecule has 2 rings (SSSR count). The van der Waals surface area contributed by atoms with E-state index in [0.29, 0.717) is 23.5 Å². The number of nitrogens with two attached hydrogens (primary N) is 2. The Morgan fingerprint density at radius 3 is 2.35 bits per heavy atom. The van der Waals surface area contributed by atoms with Crippen molar-refractivity contribution in [1.29, 1.82) is 0 Å². The maximum Gasteiger partial charge on any atom is 0.0569 e. The summed E-state index contributed by atoms with van der Waals surface area (Å²) < 4.78 is 0. The first-order valence-electron chi connectivity index (χ1n) is 6.28. The van der Waals surface area contributed by atoms with Crippen LogP contribution < -0.4 is 16.9 Å². The largest absolute Gasteiger partial charge is 0.397 e. The predicted octanol–water partition coefficient (Wildman–Crippen LogP) is 2.44. The van der Waals surface area contributed by atoms with Crippen molar-refractivity contribution in [3.8, 4) is 0 Å². The average Bonchev–Trinajstić information content (AvgIpc) is 2.28. The predicted molar refractivity (Wildman–Crippen MR) is 73.5 cm³/mol. The molecule has 0 bridgehead atoms. The van der Waals surface area contributed by atoms with Gasteiger partial charge in [-0.05, 0) is 44.9 Å². The number of nitrogens with zero attached hydrogens (tertiary/aromatic N) is 1. The number of nitrogens with one attached hydrogen (secondary N) is 1. The summed E-state index contributed by atoms with van der Waals surface area (Å²) in [4.78, 5) is 0. The summed E-state index contributed by atoms with van der Waals surface area (Å²) in [5, 5.41) is 2.31. The zero-order valence-electron chi connectivity index (χ0n) is 10.6. The van der Waals surface area contributed by atoms with Crippen molar-refractivity contribution in [2.75, 3.05) is 16.9 Å². The first kappa shape index (κ1) is 12.0. The van der Waals surface area contributed by atoms with E-state index in [1.54, 1.807) is 0 Å². The Morgan fingerprint density at radius 1 is 1.12 bits per heavy atom. The van der Waals surface area contributed by atoms with Crippen molar-refractivity contribution < 1.29 is 0 Å². The Hall–Kier alpha value is -1.42. The molecule has 4 nitrogen and oxygen atoms in total. The van der Waals surface area contributed by atoms with Gasteiger partial charge in [0.1, 0.15) is 0 Å². The summed E-state index contributed by atoms with van der Waals surface area (Å²) in [7, 11) is 0. The third-order valence-electron chi connectivity index (χ3n) is 3.54. The minimum absolute atomic E-state index is 0.553. The SMILES string of the molecule is CC1CCCC(C)N1Nc1ccc(N)c(N)c1. The van der Waals surface area contributed by atoms with Gasteiger partial charge in [-0.15, -0.1) is 0 Å². The highest BCUT2D eigenvalue weighted by molar-refractivity contribution is 5.69. The first-order chi connectivity index (χ1) is 8.08. The first-order valence-corrected chi connectivity index (χ1v) is 6.28. The molecular formula is C13H22N4. The van der Waals surface area contributed by atoms with Crippen molar-refractivity contribution in [1.82, 2.24) is 5.01 Å². The second kappa shape index (κ2) is 4.84. The van der Waals surface area contributed by atoms with E-state index in [1.165, 1.54) is 19.3 Å². The van der Waals surface area contributed by atoms with Crippen LogP contribution in [0.5, 0.6) is 0 Å². The summed E-state index contributed by atoms with van der Waals surface area (Å²) in [5.74, 6) is 0. The van der Waals surface area contributed by atoms with Crippen molar-refractivity contribution in [2.45, 2.75) is 45.2 Å². The van der Waals surface area contributed by atoms with E-state index >= 15 is 0 Å². The minimum atomic E-state index is 0.553. The Balaban J connectivity index is 2.10. The summed E-state index contributed by atoms with van der Waals surface area (Å²) >= 11 is 0. The van der Waals surface area contributed by atoms with E-state index in [2.05, 4.69) is 24.3 Å². The number of rotatable bonds is 2. The number of hydrogen-bond acceptors (Lipinski definition) is 4. The van der Waals surface area contributed by atoms with Gasteiger partial charge in [-0.2, -0.15) is 0 Å². The van der Waals surface area contributed by atoms with Gasteiger partial charge in [-0.25, -0.2) is 5.01 Å². The van der Waals surface area contributed by atoms with Gasteiger partial charge in [0.15, 0.2) is 0 Å². The third-order valence-corrected chi connectivity index (χ3v) is 3.54. The molecule has 4 heteroatoms. The van der Waals surface area contributed by atoms with Crippen LogP contribution in [0, 0.1) is 0 Å². The highest BCUT2D eigenvalue weighted by Gasteiger charge is 2.24. The Bertz CT molecular complexity index is 381. The van der Waals surface area contributed by atoms with Gasteiger partial charge in [0.05, 0.1) is 17.1 Å². The molecule has 94 valence electrons. The number of anilines is 3. The van der Waals surface area contributed by atoms with Crippen LogP contribution in [0.25, 0.3) is 0 Å². The lowest BCUT2D eigenvalue weighted by Gasteiger charge is -2.39. The average molecular weight is 234 g/mol. The molecule has 0 aromatic heterocycles. The molecule has 1 aromatic rings. The lowest BCUT2D eigenvalue weighted by Crippen LogP contribution is -2.47. The van der Waals surface area contributed by atoms with Gasteiger partial charge < -0.3 is 16.9 Å². The molecule has 1 heterocycles. The standard InChI is InChI=1S/C13H22N4/c1-9-4-3-5-10(2)17(9)16-11-6-7-12(14)13(15)8-11/h6-10,16H,3-5,14-15H2,1-2H3. The van der Waals surface area contributed by atoms with Gasteiger partial charge in [0, 0.05) is 12.1 Å². The van der Waals surface area contributed by atoms with Crippen molar-refractivity contribution >= 4 is 17.1 Å². The molecule has 0 aliphatic carbocycles. The molecule has 1 fully saturated rings. The number of piperidine rings is 1. The van der Waals surface area contributed by atoms with Crippen molar-refractivity contribution in [3.05, 3.63) is 18.2 Å². The van der Waals surface area contributed by atoms with Crippen molar-refractivity contribution in [3.63, 3.8) is 0 Å². The lowest BCUT2D eigenvalue weighted by atomic mass is 10.00. The normalized spacial score (nSPS) is 25.8. The molecule has 0 radical (unpaired) electrons. The van der Waals surface area contributed by atoms with Gasteiger partial charge in [0.2, 0.25) is 0 Å². The van der Waals surface area contributed by atoms with E-state index in [4.69, 9.17) is 11.5 Å². The molecule has 0 spiro atoms. The number of nitrogen functional groups attached to an aromatic ring is 2. The minimum Gasteiger partial charge on any atom is -0.397 e. The smallest absolute Gasteiger partial charge is 0.0569 e. The van der Waals surface area contributed by atoms with E-state index in [9.17, 15) is 0 Å². The van der Waals surface area contributed by atoms with Gasteiger partial charge in [-0.3, -0.25) is 0 Å². The molecule has 2 unspecified atom stereocenters. The fourth-order valence-corrected chi connectivity index (χ4v) is 2.44. The topological polar surface area (TPSA) is 67.3 Å². The molecule has 0 amide bonds. The van der Waals surface area contributed by atoms with Crippen LogP contribution in [0.15, 0.2) is 18.2 Å². The Kier molecular flexibility index (Phi) is 3.43. The molecule has 1 saturated heterocycles. The van der Waals surface area contributed by atoms with Crippen LogP contribution in [0.1, 0.15) is 33.1 Å². The lowest BCUT2D eigenvalue weighted by molar-refractivity contribution is 0.136. The zero-order chi connectivity index (χ0) is 12.4. The van der Waals surface area contributed by atoms with E-state index in [0.717, 1.165) is 5.69 Å². The highest BCUT2D eigenvalue weighted by Crippen LogP contribution is 2.25. The number of hydrogen-bond donors (Lipinski definition) is 3. The second-order valence-electron chi connectivity index (χ2n) is 4.99. The quantitative estimate of drug-likeness (QED) is 0.688. The second-order valence-corrected chi connectivity index (χ2v) is 4.99. The van der Waals surface area contributed by atoms with Crippen molar-refractivity contribution in [2.24, 2.45) is 0 Å². The summed E-state index contributed by atoms with van der Waals surface area (Å²) in [6.45, 7) is 4.51. The van der Waals surface area contributed by atoms with Crippen LogP contribution in [0.3, 0.4) is 0 Å². The highest BCUT2D eigenvalue weighted by atomic mass is 15.5. The fraction of sp³-hybridized carbons (Fsp3) is 0.538. The molecule has 1 aliphatic heterocycles. The van der Waals surface area contributed by atoms with Gasteiger partial charge in [0.25, 0.3) is 0 Å². The van der Waals surface area contributed by atoms with Crippen LogP contribution in [-0.2, 0) is 0 Å². The molecule has 2 atom stereocenters. The summed E-state index contributed by atoms with van der Waals surface area (Å²) in [6, 6.07) is 6.81. The molecular weight excluding hydrogens is 212 g/mol. The molecule has 1 aliphatic rings. The molecule has 1 aromatic carbocycles. The van der Waals surface area contributed by atoms with E-state index < -0.39 is 0 Å². The molecule has 17 heavy (non-hydrogen) atoms. The van der Waals surface area contributed by atoms with Gasteiger partial charge in [-0.1, -0.05) is 6.42 Å². The fourth-order valence-electron chi connectivity index (χ4n) is 2.44. The summed E-state index contributed by atoms with van der Waals surface area (Å²) in [5.41, 5.74) is 17.2. The van der Waals surface area contributed by atoms with E-state index in [1.807, 2.05) is 18.2 Å². The Labute approximate surface area is 103 Å². The third kappa shape index (κ3) is 2.64. The maximum atomic E-state index is 5.81. The van der Waals surface area contributed by atoms with Crippen LogP contribution in [0.4, 0.5) is 17.1 Å². The Morgan fingerprint density at radius 2 is 1.76 bits per heavy atom. The summed E-state index contributed by atoms with van der Waals surface area (Å²) in [6.07, 6.45) is 3.79. The van der Waals surface area contributed by atoms with Crippen LogP contribution in [0.2, 0.25) is 0 Å². The zero-order valence-corrected chi connectivity index (χ0v) is 10.6. The van der Waals surface area contributed by atoms with Crippen LogP contribution in [-0.4, -0.2) is 17.1 Å².